The summed E-state index contributed by atoms with van der Waals surface area (Å²) in [6.45, 7) is 0. The van der Waals surface area contributed by atoms with Crippen molar-refractivity contribution in [1.29, 1.82) is 0 Å². The Bertz CT molecular complexity index is 439. The monoisotopic (exact) mass is 204 g/mol. The molecule has 0 aliphatic rings. The zero-order valence-corrected chi connectivity index (χ0v) is 8.64. The zero-order valence-electron chi connectivity index (χ0n) is 8.64. The van der Waals surface area contributed by atoms with Gasteiger partial charge in [0.25, 0.3) is 0 Å². The van der Waals surface area contributed by atoms with Gasteiger partial charge >= 0.3 is 0 Å². The van der Waals surface area contributed by atoms with Crippen molar-refractivity contribution in [3.63, 3.8) is 0 Å². The van der Waals surface area contributed by atoms with Crippen molar-refractivity contribution in [2.24, 2.45) is 0 Å². The van der Waals surface area contributed by atoms with Crippen LogP contribution >= 0.6 is 0 Å². The minimum atomic E-state index is 0.755. The standard InChI is InChI=1S/C10H12N4O/c1-11-8-4-3-5-9(10(8)15-2)14-7-6-12-13-14/h3-7,11H,1-2H3. The highest BCUT2D eigenvalue weighted by Gasteiger charge is 2.09. The van der Waals surface area contributed by atoms with Crippen molar-refractivity contribution in [3.8, 4) is 11.4 Å². The first-order chi connectivity index (χ1) is 7.36. The van der Waals surface area contributed by atoms with Crippen LogP contribution in [0, 0.1) is 0 Å². The van der Waals surface area contributed by atoms with Gasteiger partial charge in [-0.2, -0.15) is 0 Å². The molecule has 2 rings (SSSR count). The van der Waals surface area contributed by atoms with Crippen LogP contribution in [-0.4, -0.2) is 29.2 Å². The van der Waals surface area contributed by atoms with Gasteiger partial charge < -0.3 is 10.1 Å². The van der Waals surface area contributed by atoms with Gasteiger partial charge in [0.2, 0.25) is 0 Å². The molecule has 1 N–H and O–H groups in total. The molecule has 0 fully saturated rings. The molecule has 0 amide bonds. The average molecular weight is 204 g/mol. The molecular weight excluding hydrogens is 192 g/mol. The summed E-state index contributed by atoms with van der Waals surface area (Å²) in [4.78, 5) is 0. The Morgan fingerprint density at radius 2 is 2.27 bits per heavy atom. The summed E-state index contributed by atoms with van der Waals surface area (Å²) < 4.78 is 7.01. The van der Waals surface area contributed by atoms with Gasteiger partial charge in [-0.05, 0) is 12.1 Å². The van der Waals surface area contributed by atoms with Gasteiger partial charge in [-0.1, -0.05) is 11.3 Å². The maximum atomic E-state index is 5.34. The van der Waals surface area contributed by atoms with Crippen LogP contribution in [0.2, 0.25) is 0 Å². The average Bonchev–Trinajstić information content (AvgIpc) is 2.81. The van der Waals surface area contributed by atoms with Gasteiger partial charge in [0, 0.05) is 7.05 Å². The molecule has 1 heterocycles. The smallest absolute Gasteiger partial charge is 0.167 e. The van der Waals surface area contributed by atoms with Crippen LogP contribution in [0.1, 0.15) is 0 Å². The summed E-state index contributed by atoms with van der Waals surface area (Å²) in [7, 11) is 3.49. The van der Waals surface area contributed by atoms with E-state index < -0.39 is 0 Å². The number of methoxy groups -OCH3 is 1. The number of aromatic nitrogens is 3. The van der Waals surface area contributed by atoms with Gasteiger partial charge in [0.05, 0.1) is 25.2 Å². The molecule has 0 unspecified atom stereocenters. The second kappa shape index (κ2) is 4.00. The molecular formula is C10H12N4O. The molecule has 0 saturated heterocycles. The Labute approximate surface area is 87.7 Å². The first-order valence-corrected chi connectivity index (χ1v) is 4.58. The molecule has 5 heteroatoms. The third-order valence-corrected chi connectivity index (χ3v) is 2.14. The van der Waals surface area contributed by atoms with Crippen molar-refractivity contribution in [2.75, 3.05) is 19.5 Å². The highest BCUT2D eigenvalue weighted by atomic mass is 16.5. The Balaban J connectivity index is 2.56. The molecule has 1 aromatic heterocycles. The van der Waals surface area contributed by atoms with E-state index in [4.69, 9.17) is 4.74 Å². The fourth-order valence-electron chi connectivity index (χ4n) is 1.45. The molecule has 0 aliphatic heterocycles. The summed E-state index contributed by atoms with van der Waals surface area (Å²) in [5, 5.41) is 10.8. The molecule has 0 saturated carbocycles. The van der Waals surface area contributed by atoms with Gasteiger partial charge in [0.1, 0.15) is 5.69 Å². The number of hydrogen-bond acceptors (Lipinski definition) is 4. The number of nitrogens with zero attached hydrogens (tertiary/aromatic N) is 3. The van der Waals surface area contributed by atoms with E-state index >= 15 is 0 Å². The summed E-state index contributed by atoms with van der Waals surface area (Å²) in [6.07, 6.45) is 3.41. The van der Waals surface area contributed by atoms with E-state index in [9.17, 15) is 0 Å². The quantitative estimate of drug-likeness (QED) is 0.819. The largest absolute Gasteiger partial charge is 0.492 e. The van der Waals surface area contributed by atoms with E-state index in [2.05, 4.69) is 15.6 Å². The SMILES string of the molecule is CNc1cccc(-n2ccnn2)c1OC. The molecule has 0 aliphatic carbocycles. The second-order valence-electron chi connectivity index (χ2n) is 2.96. The minimum Gasteiger partial charge on any atom is -0.492 e. The maximum absolute atomic E-state index is 5.34. The molecule has 78 valence electrons. The Kier molecular flexibility index (Phi) is 2.53. The van der Waals surface area contributed by atoms with Crippen LogP contribution in [0.3, 0.4) is 0 Å². The topological polar surface area (TPSA) is 52.0 Å². The first-order valence-electron chi connectivity index (χ1n) is 4.58. The van der Waals surface area contributed by atoms with Crippen LogP contribution in [-0.2, 0) is 0 Å². The van der Waals surface area contributed by atoms with Crippen molar-refractivity contribution >= 4 is 5.69 Å². The van der Waals surface area contributed by atoms with Crippen molar-refractivity contribution in [3.05, 3.63) is 30.6 Å². The molecule has 0 spiro atoms. The van der Waals surface area contributed by atoms with E-state index in [0.717, 1.165) is 17.1 Å². The molecule has 5 nitrogen and oxygen atoms in total. The predicted molar refractivity (Wildman–Crippen MR) is 57.5 cm³/mol. The minimum absolute atomic E-state index is 0.755. The Morgan fingerprint density at radius 3 is 2.87 bits per heavy atom. The Morgan fingerprint density at radius 1 is 1.40 bits per heavy atom. The number of benzene rings is 1. The van der Waals surface area contributed by atoms with E-state index in [0.29, 0.717) is 0 Å². The number of ether oxygens (including phenoxy) is 1. The lowest BCUT2D eigenvalue weighted by Gasteiger charge is -2.12. The maximum Gasteiger partial charge on any atom is 0.167 e. The van der Waals surface area contributed by atoms with E-state index in [1.807, 2.05) is 25.2 Å². The van der Waals surface area contributed by atoms with Crippen LogP contribution < -0.4 is 10.1 Å². The third kappa shape index (κ3) is 1.63. The van der Waals surface area contributed by atoms with Gasteiger partial charge in [-0.25, -0.2) is 4.68 Å². The van der Waals surface area contributed by atoms with E-state index in [-0.39, 0.29) is 0 Å². The van der Waals surface area contributed by atoms with E-state index in [1.165, 1.54) is 0 Å². The van der Waals surface area contributed by atoms with Crippen molar-refractivity contribution < 1.29 is 4.74 Å². The highest BCUT2D eigenvalue weighted by molar-refractivity contribution is 5.65. The summed E-state index contributed by atoms with van der Waals surface area (Å²) in [5.74, 6) is 0.755. The molecule has 1 aromatic carbocycles. The fraction of sp³-hybridized carbons (Fsp3) is 0.200. The van der Waals surface area contributed by atoms with E-state index in [1.54, 1.807) is 24.2 Å². The van der Waals surface area contributed by atoms with Crippen molar-refractivity contribution in [2.45, 2.75) is 0 Å². The van der Waals surface area contributed by atoms with Crippen LogP contribution in [0.4, 0.5) is 5.69 Å². The number of anilines is 1. The van der Waals surface area contributed by atoms with Gasteiger partial charge in [-0.3, -0.25) is 0 Å². The van der Waals surface area contributed by atoms with Crippen LogP contribution in [0.15, 0.2) is 30.6 Å². The van der Waals surface area contributed by atoms with Gasteiger partial charge in [0.15, 0.2) is 5.75 Å². The molecule has 0 radical (unpaired) electrons. The summed E-state index contributed by atoms with van der Waals surface area (Å²) >= 11 is 0. The molecule has 0 bridgehead atoms. The lowest BCUT2D eigenvalue weighted by atomic mass is 10.2. The molecule has 0 atom stereocenters. The summed E-state index contributed by atoms with van der Waals surface area (Å²) in [6, 6.07) is 5.80. The van der Waals surface area contributed by atoms with Crippen LogP contribution in [0.25, 0.3) is 5.69 Å². The normalized spacial score (nSPS) is 10.0. The predicted octanol–water partition coefficient (Wildman–Crippen LogP) is 1.32. The van der Waals surface area contributed by atoms with Crippen LogP contribution in [0.5, 0.6) is 5.75 Å². The molecule has 2 aromatic rings. The number of nitrogens with one attached hydrogen (secondary N) is 1. The number of hydrogen-bond donors (Lipinski definition) is 1. The first kappa shape index (κ1) is 9.51. The highest BCUT2D eigenvalue weighted by Crippen LogP contribution is 2.30. The third-order valence-electron chi connectivity index (χ3n) is 2.14. The molecule has 15 heavy (non-hydrogen) atoms. The fourth-order valence-corrected chi connectivity index (χ4v) is 1.45. The zero-order chi connectivity index (χ0) is 10.7. The summed E-state index contributed by atoms with van der Waals surface area (Å²) in [5.41, 5.74) is 1.78. The second-order valence-corrected chi connectivity index (χ2v) is 2.96. The van der Waals surface area contributed by atoms with Gasteiger partial charge in [-0.15, -0.1) is 5.10 Å². The van der Waals surface area contributed by atoms with Crippen molar-refractivity contribution in [1.82, 2.24) is 15.0 Å². The lowest BCUT2D eigenvalue weighted by molar-refractivity contribution is 0.413. The lowest BCUT2D eigenvalue weighted by Crippen LogP contribution is -2.02. The number of para-hydroxylation sites is 1. The number of rotatable bonds is 3. The Hall–Kier alpha value is -2.04.